The van der Waals surface area contributed by atoms with Crippen molar-refractivity contribution in [2.45, 2.75) is 19.9 Å². The highest BCUT2D eigenvalue weighted by Gasteiger charge is 2.15. The molecule has 0 spiro atoms. The summed E-state index contributed by atoms with van der Waals surface area (Å²) in [6.07, 6.45) is 2.20. The van der Waals surface area contributed by atoms with Crippen LogP contribution in [0, 0.1) is 0 Å². The molecule has 2 aromatic rings. The molecule has 2 heterocycles. The Bertz CT molecular complexity index is 510. The molecule has 0 aromatic carbocycles. The Balaban J connectivity index is 2.16. The van der Waals surface area contributed by atoms with Gasteiger partial charge in [0.15, 0.2) is 0 Å². The Hall–Kier alpha value is -0.610. The van der Waals surface area contributed by atoms with E-state index >= 15 is 0 Å². The van der Waals surface area contributed by atoms with Crippen molar-refractivity contribution in [1.82, 2.24) is 5.32 Å². The Kier molecular flexibility index (Phi) is 5.01. The monoisotopic (exact) mass is 297 g/mol. The van der Waals surface area contributed by atoms with Crippen molar-refractivity contribution in [3.63, 3.8) is 0 Å². The number of halogens is 1. The van der Waals surface area contributed by atoms with Crippen LogP contribution < -0.4 is 5.32 Å². The predicted octanol–water partition coefficient (Wildman–Crippen LogP) is 5.11. The zero-order valence-corrected chi connectivity index (χ0v) is 12.8. The van der Waals surface area contributed by atoms with E-state index in [4.69, 9.17) is 11.6 Å². The van der Waals surface area contributed by atoms with Crippen molar-refractivity contribution in [2.24, 2.45) is 0 Å². The fourth-order valence-electron chi connectivity index (χ4n) is 1.66. The summed E-state index contributed by atoms with van der Waals surface area (Å²) in [6, 6.07) is 8.57. The fourth-order valence-corrected chi connectivity index (χ4v) is 3.71. The van der Waals surface area contributed by atoms with Crippen molar-refractivity contribution >= 4 is 34.3 Å². The van der Waals surface area contributed by atoms with Crippen LogP contribution in [0.5, 0.6) is 0 Å². The van der Waals surface area contributed by atoms with Crippen LogP contribution in [0.15, 0.2) is 41.3 Å². The first-order valence-electron chi connectivity index (χ1n) is 5.82. The van der Waals surface area contributed by atoms with E-state index in [0.717, 1.165) is 10.9 Å². The van der Waals surface area contributed by atoms with E-state index in [1.807, 2.05) is 6.07 Å². The van der Waals surface area contributed by atoms with Crippen molar-refractivity contribution in [2.75, 3.05) is 6.54 Å². The molecule has 0 saturated heterocycles. The van der Waals surface area contributed by atoms with Gasteiger partial charge in [0, 0.05) is 16.3 Å². The molecule has 1 nitrogen and oxygen atoms in total. The van der Waals surface area contributed by atoms with Crippen LogP contribution in [0.3, 0.4) is 0 Å². The summed E-state index contributed by atoms with van der Waals surface area (Å²) in [7, 11) is 0. The van der Waals surface area contributed by atoms with Crippen molar-refractivity contribution in [1.29, 1.82) is 0 Å². The van der Waals surface area contributed by atoms with Gasteiger partial charge in [0.05, 0.1) is 10.4 Å². The lowest BCUT2D eigenvalue weighted by Gasteiger charge is -2.15. The van der Waals surface area contributed by atoms with Crippen LogP contribution in [0.2, 0.25) is 4.34 Å². The summed E-state index contributed by atoms with van der Waals surface area (Å²) in [4.78, 5) is 2.60. The lowest BCUT2D eigenvalue weighted by atomic mass is 10.2. The van der Waals surface area contributed by atoms with Crippen molar-refractivity contribution < 1.29 is 0 Å². The third-order valence-corrected chi connectivity index (χ3v) is 4.77. The Morgan fingerprint density at radius 3 is 2.72 bits per heavy atom. The summed E-state index contributed by atoms with van der Waals surface area (Å²) in [6.45, 7) is 5.11. The summed E-state index contributed by atoms with van der Waals surface area (Å²) in [5.41, 5.74) is 1.33. The van der Waals surface area contributed by atoms with Crippen LogP contribution >= 0.6 is 34.3 Å². The summed E-state index contributed by atoms with van der Waals surface area (Å²) >= 11 is 9.45. The zero-order chi connectivity index (χ0) is 13.0. The number of allylic oxidation sites excluding steroid dienone is 1. The van der Waals surface area contributed by atoms with Crippen molar-refractivity contribution in [3.8, 4) is 0 Å². The van der Waals surface area contributed by atoms with Crippen LogP contribution in [-0.4, -0.2) is 6.54 Å². The third kappa shape index (κ3) is 3.69. The van der Waals surface area contributed by atoms with E-state index in [-0.39, 0.29) is 6.04 Å². The molecule has 0 aliphatic rings. The van der Waals surface area contributed by atoms with E-state index < -0.39 is 0 Å². The molecule has 96 valence electrons. The minimum Gasteiger partial charge on any atom is -0.301 e. The van der Waals surface area contributed by atoms with E-state index in [2.05, 4.69) is 48.8 Å². The number of nitrogens with one attached hydrogen (secondary N) is 1. The molecule has 0 aliphatic heterocycles. The largest absolute Gasteiger partial charge is 0.301 e. The fraction of sp³-hybridized carbons (Fsp3) is 0.286. The number of thiophene rings is 2. The standard InChI is InChI=1S/C14H16ClNS2/c1-10(2)7-8-16-14(11-4-3-9-17-11)12-5-6-13(15)18-12/h3-7,9,14,16H,8H2,1-2H3. The van der Waals surface area contributed by atoms with Gasteiger partial charge in [-0.15, -0.1) is 22.7 Å². The first-order valence-corrected chi connectivity index (χ1v) is 7.89. The smallest absolute Gasteiger partial charge is 0.0931 e. The van der Waals surface area contributed by atoms with Gasteiger partial charge in [-0.3, -0.25) is 0 Å². The molecule has 1 unspecified atom stereocenters. The van der Waals surface area contributed by atoms with Gasteiger partial charge in [0.25, 0.3) is 0 Å². The normalized spacial score (nSPS) is 12.4. The van der Waals surface area contributed by atoms with Crippen LogP contribution in [0.1, 0.15) is 29.6 Å². The Morgan fingerprint density at radius 2 is 2.17 bits per heavy atom. The molecule has 18 heavy (non-hydrogen) atoms. The third-order valence-electron chi connectivity index (χ3n) is 2.54. The van der Waals surface area contributed by atoms with Gasteiger partial charge >= 0.3 is 0 Å². The molecule has 0 radical (unpaired) electrons. The Morgan fingerprint density at radius 1 is 1.33 bits per heavy atom. The van der Waals surface area contributed by atoms with Crippen LogP contribution in [0.25, 0.3) is 0 Å². The average Bonchev–Trinajstić information content (AvgIpc) is 2.95. The molecule has 4 heteroatoms. The minimum absolute atomic E-state index is 0.248. The first kappa shape index (κ1) is 13.8. The SMILES string of the molecule is CC(C)=CCNC(c1cccs1)c1ccc(Cl)s1. The number of hydrogen-bond acceptors (Lipinski definition) is 3. The maximum atomic E-state index is 6.03. The molecule has 0 fully saturated rings. The van der Waals surface area contributed by atoms with E-state index in [0.29, 0.717) is 0 Å². The van der Waals surface area contributed by atoms with Gasteiger partial charge < -0.3 is 5.32 Å². The molecule has 0 saturated carbocycles. The summed E-state index contributed by atoms with van der Waals surface area (Å²) in [5, 5.41) is 5.68. The highest BCUT2D eigenvalue weighted by molar-refractivity contribution is 7.16. The average molecular weight is 298 g/mol. The number of rotatable bonds is 5. The molecule has 1 N–H and O–H groups in total. The lowest BCUT2D eigenvalue weighted by Crippen LogP contribution is -2.20. The maximum Gasteiger partial charge on any atom is 0.0931 e. The van der Waals surface area contributed by atoms with Gasteiger partial charge in [-0.2, -0.15) is 0 Å². The first-order chi connectivity index (χ1) is 8.66. The molecule has 2 rings (SSSR count). The molecule has 1 atom stereocenters. The van der Waals surface area contributed by atoms with Gasteiger partial charge in [0.1, 0.15) is 0 Å². The van der Waals surface area contributed by atoms with Crippen LogP contribution in [-0.2, 0) is 0 Å². The quantitative estimate of drug-likeness (QED) is 0.756. The molecular formula is C14H16ClNS2. The second-order valence-electron chi connectivity index (χ2n) is 4.28. The van der Waals surface area contributed by atoms with Gasteiger partial charge in [-0.1, -0.05) is 29.3 Å². The lowest BCUT2D eigenvalue weighted by molar-refractivity contribution is 0.671. The van der Waals surface area contributed by atoms with E-state index in [9.17, 15) is 0 Å². The summed E-state index contributed by atoms with van der Waals surface area (Å²) < 4.78 is 0.843. The van der Waals surface area contributed by atoms with E-state index in [1.165, 1.54) is 15.3 Å². The topological polar surface area (TPSA) is 12.0 Å². The number of hydrogen-bond donors (Lipinski definition) is 1. The minimum atomic E-state index is 0.248. The van der Waals surface area contributed by atoms with Gasteiger partial charge in [0.2, 0.25) is 0 Å². The molecule has 0 aliphatic carbocycles. The molecule has 2 aromatic heterocycles. The molecular weight excluding hydrogens is 282 g/mol. The van der Waals surface area contributed by atoms with Gasteiger partial charge in [-0.05, 0) is 37.4 Å². The highest BCUT2D eigenvalue weighted by atomic mass is 35.5. The second kappa shape index (κ2) is 6.53. The summed E-state index contributed by atoms with van der Waals surface area (Å²) in [5.74, 6) is 0. The zero-order valence-electron chi connectivity index (χ0n) is 10.4. The molecule has 0 amide bonds. The van der Waals surface area contributed by atoms with E-state index in [1.54, 1.807) is 22.7 Å². The van der Waals surface area contributed by atoms with Crippen molar-refractivity contribution in [3.05, 3.63) is 55.4 Å². The predicted molar refractivity (Wildman–Crippen MR) is 82.9 cm³/mol. The second-order valence-corrected chi connectivity index (χ2v) is 7.01. The van der Waals surface area contributed by atoms with Crippen LogP contribution in [0.4, 0.5) is 0 Å². The highest BCUT2D eigenvalue weighted by Crippen LogP contribution is 2.32. The maximum absolute atomic E-state index is 6.03. The molecule has 0 bridgehead atoms. The Labute approximate surface area is 121 Å². The van der Waals surface area contributed by atoms with Gasteiger partial charge in [-0.25, -0.2) is 0 Å².